The highest BCUT2D eigenvalue weighted by molar-refractivity contribution is 5.94. The van der Waals surface area contributed by atoms with Crippen LogP contribution in [0.15, 0.2) is 72.8 Å². The maximum absolute atomic E-state index is 13.8. The van der Waals surface area contributed by atoms with E-state index in [1.165, 1.54) is 0 Å². The molecule has 0 heterocycles. The van der Waals surface area contributed by atoms with E-state index in [1.54, 1.807) is 0 Å². The Morgan fingerprint density at radius 1 is 0.815 bits per heavy atom. The van der Waals surface area contributed by atoms with E-state index in [-0.39, 0.29) is 6.54 Å². The van der Waals surface area contributed by atoms with Gasteiger partial charge in [-0.25, -0.2) is 13.2 Å². The van der Waals surface area contributed by atoms with Crippen molar-refractivity contribution < 1.29 is 18.0 Å². The number of hydrogen-bond acceptors (Lipinski definition) is 2. The maximum Gasteiger partial charge on any atom is 0.243 e. The number of nitrogens with zero attached hydrogens (tertiary/aromatic N) is 1. The van der Waals surface area contributed by atoms with Crippen LogP contribution in [0.1, 0.15) is 5.56 Å². The molecule has 0 aliphatic heterocycles. The standard InChI is InChI=1S/C21H17F3N2O/c22-17-11-12-18(21(24)20(17)23)25-19(27)14-26(16-9-5-2-6-10-16)13-15-7-3-1-4-8-15/h1-12H,13-14H2,(H,25,27). The second-order valence-electron chi connectivity index (χ2n) is 5.95. The van der Waals surface area contributed by atoms with E-state index in [1.807, 2.05) is 65.6 Å². The van der Waals surface area contributed by atoms with E-state index in [9.17, 15) is 18.0 Å². The largest absolute Gasteiger partial charge is 0.358 e. The maximum atomic E-state index is 13.8. The van der Waals surface area contributed by atoms with Crippen molar-refractivity contribution in [2.24, 2.45) is 0 Å². The van der Waals surface area contributed by atoms with Crippen LogP contribution in [0.2, 0.25) is 0 Å². The van der Waals surface area contributed by atoms with Gasteiger partial charge < -0.3 is 10.2 Å². The molecule has 1 amide bonds. The van der Waals surface area contributed by atoms with Crippen LogP contribution in [-0.4, -0.2) is 12.5 Å². The van der Waals surface area contributed by atoms with Crippen molar-refractivity contribution in [1.82, 2.24) is 0 Å². The quantitative estimate of drug-likeness (QED) is 0.635. The average Bonchev–Trinajstić information content (AvgIpc) is 2.69. The van der Waals surface area contributed by atoms with Gasteiger partial charge in [0.15, 0.2) is 17.5 Å². The van der Waals surface area contributed by atoms with Gasteiger partial charge in [0.2, 0.25) is 5.91 Å². The lowest BCUT2D eigenvalue weighted by Crippen LogP contribution is -2.33. The Labute approximate surface area is 155 Å². The molecule has 138 valence electrons. The molecule has 0 bridgehead atoms. The Morgan fingerprint density at radius 2 is 1.44 bits per heavy atom. The van der Waals surface area contributed by atoms with Gasteiger partial charge in [-0.1, -0.05) is 48.5 Å². The summed E-state index contributed by atoms with van der Waals surface area (Å²) in [7, 11) is 0. The molecule has 3 rings (SSSR count). The summed E-state index contributed by atoms with van der Waals surface area (Å²) in [4.78, 5) is 14.2. The number of nitrogens with one attached hydrogen (secondary N) is 1. The molecule has 0 atom stereocenters. The topological polar surface area (TPSA) is 32.3 Å². The third kappa shape index (κ3) is 4.67. The first kappa shape index (κ1) is 18.5. The van der Waals surface area contributed by atoms with Crippen molar-refractivity contribution >= 4 is 17.3 Å². The Morgan fingerprint density at radius 3 is 2.11 bits per heavy atom. The number of carbonyl (C=O) groups is 1. The van der Waals surface area contributed by atoms with Crippen LogP contribution in [0.5, 0.6) is 0 Å². The number of para-hydroxylation sites is 1. The van der Waals surface area contributed by atoms with Gasteiger partial charge in [-0.2, -0.15) is 0 Å². The molecule has 0 unspecified atom stereocenters. The zero-order valence-corrected chi connectivity index (χ0v) is 14.3. The fourth-order valence-corrected chi connectivity index (χ4v) is 2.67. The lowest BCUT2D eigenvalue weighted by Gasteiger charge is -2.24. The van der Waals surface area contributed by atoms with Gasteiger partial charge in [0.05, 0.1) is 12.2 Å². The van der Waals surface area contributed by atoms with E-state index < -0.39 is 29.0 Å². The number of hydrogen-bond donors (Lipinski definition) is 1. The molecule has 0 aromatic heterocycles. The molecule has 3 aromatic carbocycles. The van der Waals surface area contributed by atoms with E-state index in [2.05, 4.69) is 5.32 Å². The number of amides is 1. The van der Waals surface area contributed by atoms with Gasteiger partial charge in [-0.15, -0.1) is 0 Å². The molecular weight excluding hydrogens is 353 g/mol. The lowest BCUT2D eigenvalue weighted by atomic mass is 10.2. The summed E-state index contributed by atoms with van der Waals surface area (Å²) < 4.78 is 40.2. The van der Waals surface area contributed by atoms with Crippen LogP contribution >= 0.6 is 0 Å². The van der Waals surface area contributed by atoms with Gasteiger partial charge in [-0.3, -0.25) is 4.79 Å². The van der Waals surface area contributed by atoms with Crippen LogP contribution < -0.4 is 10.2 Å². The molecule has 0 spiro atoms. The van der Waals surface area contributed by atoms with Crippen LogP contribution in [-0.2, 0) is 11.3 Å². The van der Waals surface area contributed by atoms with Gasteiger partial charge in [0, 0.05) is 12.2 Å². The minimum Gasteiger partial charge on any atom is -0.358 e. The summed E-state index contributed by atoms with van der Waals surface area (Å²) >= 11 is 0. The highest BCUT2D eigenvalue weighted by Gasteiger charge is 2.17. The molecule has 6 heteroatoms. The molecule has 0 aliphatic carbocycles. The number of anilines is 2. The van der Waals surface area contributed by atoms with Crippen molar-refractivity contribution in [3.05, 3.63) is 95.8 Å². The molecule has 0 aliphatic rings. The Kier molecular flexibility index (Phi) is 5.76. The second-order valence-corrected chi connectivity index (χ2v) is 5.95. The first-order valence-electron chi connectivity index (χ1n) is 8.32. The van der Waals surface area contributed by atoms with Crippen LogP contribution in [0.3, 0.4) is 0 Å². The summed E-state index contributed by atoms with van der Waals surface area (Å²) in [5.41, 5.74) is 1.40. The molecule has 0 radical (unpaired) electrons. The Hall–Kier alpha value is -3.28. The van der Waals surface area contributed by atoms with Crippen molar-refractivity contribution in [3.63, 3.8) is 0 Å². The van der Waals surface area contributed by atoms with E-state index in [4.69, 9.17) is 0 Å². The molecule has 0 saturated heterocycles. The molecule has 3 aromatic rings. The predicted molar refractivity (Wildman–Crippen MR) is 98.9 cm³/mol. The summed E-state index contributed by atoms with van der Waals surface area (Å²) in [6, 6.07) is 20.6. The van der Waals surface area contributed by atoms with Crippen molar-refractivity contribution in [2.75, 3.05) is 16.8 Å². The molecule has 0 saturated carbocycles. The number of carbonyl (C=O) groups excluding carboxylic acids is 1. The summed E-state index contributed by atoms with van der Waals surface area (Å²) in [5, 5.41) is 2.30. The third-order valence-electron chi connectivity index (χ3n) is 3.98. The van der Waals surface area contributed by atoms with Gasteiger partial charge in [-0.05, 0) is 29.8 Å². The fourth-order valence-electron chi connectivity index (χ4n) is 2.67. The lowest BCUT2D eigenvalue weighted by molar-refractivity contribution is -0.115. The second kappa shape index (κ2) is 8.40. The number of halogens is 3. The SMILES string of the molecule is O=C(CN(Cc1ccccc1)c1ccccc1)Nc1ccc(F)c(F)c1F. The van der Waals surface area contributed by atoms with Gasteiger partial charge >= 0.3 is 0 Å². The van der Waals surface area contributed by atoms with Crippen molar-refractivity contribution in [1.29, 1.82) is 0 Å². The molecule has 0 fully saturated rings. The number of rotatable bonds is 6. The van der Waals surface area contributed by atoms with Crippen LogP contribution in [0, 0.1) is 17.5 Å². The minimum absolute atomic E-state index is 0.0860. The fraction of sp³-hybridized carbons (Fsp3) is 0.0952. The highest BCUT2D eigenvalue weighted by atomic mass is 19.2. The molecular formula is C21H17F3N2O. The smallest absolute Gasteiger partial charge is 0.243 e. The van der Waals surface area contributed by atoms with Crippen LogP contribution in [0.25, 0.3) is 0 Å². The zero-order chi connectivity index (χ0) is 19.2. The first-order chi connectivity index (χ1) is 13.0. The Balaban J connectivity index is 1.77. The van der Waals surface area contributed by atoms with Crippen LogP contribution in [0.4, 0.5) is 24.5 Å². The predicted octanol–water partition coefficient (Wildman–Crippen LogP) is 4.75. The van der Waals surface area contributed by atoms with Gasteiger partial charge in [0.25, 0.3) is 0 Å². The van der Waals surface area contributed by atoms with E-state index in [0.29, 0.717) is 6.54 Å². The van der Waals surface area contributed by atoms with Gasteiger partial charge in [0.1, 0.15) is 0 Å². The highest BCUT2D eigenvalue weighted by Crippen LogP contribution is 2.21. The normalized spacial score (nSPS) is 10.5. The minimum atomic E-state index is -1.61. The summed E-state index contributed by atoms with van der Waals surface area (Å²) in [5.74, 6) is -4.88. The zero-order valence-electron chi connectivity index (χ0n) is 14.3. The van der Waals surface area contributed by atoms with Crippen molar-refractivity contribution in [3.8, 4) is 0 Å². The van der Waals surface area contributed by atoms with E-state index >= 15 is 0 Å². The molecule has 3 nitrogen and oxygen atoms in total. The summed E-state index contributed by atoms with van der Waals surface area (Å²) in [6.07, 6.45) is 0. The molecule has 27 heavy (non-hydrogen) atoms. The molecule has 1 N–H and O–H groups in total. The monoisotopic (exact) mass is 370 g/mol. The Bertz CT molecular complexity index is 917. The summed E-state index contributed by atoms with van der Waals surface area (Å²) in [6.45, 7) is 0.371. The third-order valence-corrected chi connectivity index (χ3v) is 3.98. The average molecular weight is 370 g/mol. The number of benzene rings is 3. The van der Waals surface area contributed by atoms with Crippen molar-refractivity contribution in [2.45, 2.75) is 6.54 Å². The first-order valence-corrected chi connectivity index (χ1v) is 8.32. The van der Waals surface area contributed by atoms with E-state index in [0.717, 1.165) is 23.4 Å².